The fourth-order valence-electron chi connectivity index (χ4n) is 0.962. The molecule has 0 amide bonds. The minimum Gasteiger partial charge on any atom is -0.403 e. The van der Waals surface area contributed by atoms with Gasteiger partial charge in [0.1, 0.15) is 0 Å². The third-order valence-electron chi connectivity index (χ3n) is 1.59. The molecule has 1 aromatic rings. The van der Waals surface area contributed by atoms with Gasteiger partial charge in [0.2, 0.25) is 0 Å². The van der Waals surface area contributed by atoms with Crippen LogP contribution in [0, 0.1) is 0 Å². The van der Waals surface area contributed by atoms with E-state index < -0.39 is 12.1 Å². The molecule has 0 atom stereocenters. The Labute approximate surface area is 97.3 Å². The van der Waals surface area contributed by atoms with Crippen molar-refractivity contribution in [3.8, 4) is 5.75 Å². The van der Waals surface area contributed by atoms with Crippen molar-refractivity contribution in [2.24, 2.45) is 0 Å². The Bertz CT molecular complexity index is 370. The van der Waals surface area contributed by atoms with Gasteiger partial charge in [-0.1, -0.05) is 33.6 Å². The zero-order valence-corrected chi connectivity index (χ0v) is 9.58. The lowest BCUT2D eigenvalue weighted by Gasteiger charge is -2.14. The fraction of sp³-hybridized carbons (Fsp3) is 0.250. The molecule has 2 N–H and O–H groups in total. The fourth-order valence-corrected chi connectivity index (χ4v) is 1.55. The van der Waals surface area contributed by atoms with Gasteiger partial charge in [0, 0.05) is 10.9 Å². The maximum atomic E-state index is 12.0. The van der Waals surface area contributed by atoms with Gasteiger partial charge < -0.3 is 10.5 Å². The van der Waals surface area contributed by atoms with Gasteiger partial charge in [0.15, 0.2) is 5.75 Å². The summed E-state index contributed by atoms with van der Waals surface area (Å²) in [5.41, 5.74) is 5.46. The molecule has 2 nitrogen and oxygen atoms in total. The van der Waals surface area contributed by atoms with E-state index in [9.17, 15) is 13.2 Å². The van der Waals surface area contributed by atoms with Crippen LogP contribution in [0.15, 0.2) is 12.1 Å². The molecule has 0 saturated carbocycles. The number of hydrogen-bond donors (Lipinski definition) is 1. The number of benzene rings is 1. The lowest BCUT2D eigenvalue weighted by molar-refractivity contribution is -0.274. The van der Waals surface area contributed by atoms with Crippen LogP contribution in [0.2, 0.25) is 5.02 Å². The quantitative estimate of drug-likeness (QED) is 0.667. The molecule has 1 rings (SSSR count). The van der Waals surface area contributed by atoms with E-state index in [0.717, 1.165) is 0 Å². The van der Waals surface area contributed by atoms with Gasteiger partial charge in [-0.2, -0.15) is 0 Å². The summed E-state index contributed by atoms with van der Waals surface area (Å²) < 4.78 is 39.9. The molecular weight excluding hydrogens is 298 g/mol. The molecule has 0 aliphatic heterocycles. The number of anilines is 1. The first-order valence-corrected chi connectivity index (χ1v) is 5.23. The Balaban J connectivity index is 3.18. The summed E-state index contributed by atoms with van der Waals surface area (Å²) >= 11 is 8.61. The SMILES string of the molecule is Nc1c(Cl)ccc(CBr)c1OC(F)(F)F. The van der Waals surface area contributed by atoms with Crippen LogP contribution in [0.1, 0.15) is 5.56 Å². The van der Waals surface area contributed by atoms with Crippen molar-refractivity contribution >= 4 is 33.2 Å². The Kier molecular flexibility index (Phi) is 3.72. The summed E-state index contributed by atoms with van der Waals surface area (Å²) in [6, 6.07) is 2.82. The number of alkyl halides is 4. The number of halogens is 5. The molecular formula is C8H6BrClF3NO. The van der Waals surface area contributed by atoms with Gasteiger partial charge >= 0.3 is 6.36 Å². The third-order valence-corrected chi connectivity index (χ3v) is 2.52. The molecule has 0 bridgehead atoms. The number of nitrogens with two attached hydrogens (primary N) is 1. The molecule has 0 saturated heterocycles. The molecule has 0 aliphatic rings. The number of nitrogen functional groups attached to an aromatic ring is 1. The van der Waals surface area contributed by atoms with Crippen molar-refractivity contribution in [2.45, 2.75) is 11.7 Å². The first-order chi connectivity index (χ1) is 6.85. The second kappa shape index (κ2) is 4.49. The van der Waals surface area contributed by atoms with E-state index in [0.29, 0.717) is 0 Å². The van der Waals surface area contributed by atoms with Crippen molar-refractivity contribution in [1.29, 1.82) is 0 Å². The van der Waals surface area contributed by atoms with Crippen LogP contribution in [0.5, 0.6) is 5.75 Å². The second-order valence-electron chi connectivity index (χ2n) is 2.63. The van der Waals surface area contributed by atoms with Gasteiger partial charge in [0.25, 0.3) is 0 Å². The predicted molar refractivity (Wildman–Crippen MR) is 55.2 cm³/mol. The average Bonchev–Trinajstić information content (AvgIpc) is 2.11. The lowest BCUT2D eigenvalue weighted by Crippen LogP contribution is -2.19. The second-order valence-corrected chi connectivity index (χ2v) is 3.60. The maximum absolute atomic E-state index is 12.0. The van der Waals surface area contributed by atoms with Gasteiger partial charge in [-0.05, 0) is 6.07 Å². The first-order valence-electron chi connectivity index (χ1n) is 3.73. The topological polar surface area (TPSA) is 35.2 Å². The van der Waals surface area contributed by atoms with E-state index in [4.69, 9.17) is 17.3 Å². The zero-order valence-electron chi connectivity index (χ0n) is 7.24. The molecule has 1 aromatic carbocycles. The van der Waals surface area contributed by atoms with Gasteiger partial charge in [-0.25, -0.2) is 0 Å². The Hall–Kier alpha value is -0.620. The van der Waals surface area contributed by atoms with Crippen LogP contribution in [0.4, 0.5) is 18.9 Å². The van der Waals surface area contributed by atoms with E-state index in [1.807, 2.05) is 0 Å². The lowest BCUT2D eigenvalue weighted by atomic mass is 10.2. The minimum absolute atomic E-state index is 0.0268. The molecule has 0 aromatic heterocycles. The zero-order chi connectivity index (χ0) is 11.6. The number of ether oxygens (including phenoxy) is 1. The van der Waals surface area contributed by atoms with Gasteiger partial charge in [-0.3, -0.25) is 0 Å². The predicted octanol–water partition coefficient (Wildman–Crippen LogP) is 3.72. The van der Waals surface area contributed by atoms with Crippen molar-refractivity contribution in [3.63, 3.8) is 0 Å². The molecule has 7 heteroatoms. The normalized spacial score (nSPS) is 11.5. The molecule has 84 valence electrons. The van der Waals surface area contributed by atoms with Crippen LogP contribution in [0.25, 0.3) is 0 Å². The molecule has 0 unspecified atom stereocenters. The number of hydrogen-bond acceptors (Lipinski definition) is 2. The van der Waals surface area contributed by atoms with Crippen LogP contribution >= 0.6 is 27.5 Å². The van der Waals surface area contributed by atoms with E-state index in [1.165, 1.54) is 12.1 Å². The van der Waals surface area contributed by atoms with E-state index in [1.54, 1.807) is 0 Å². The molecule has 0 spiro atoms. The largest absolute Gasteiger partial charge is 0.573 e. The Morgan fingerprint density at radius 1 is 1.40 bits per heavy atom. The summed E-state index contributed by atoms with van der Waals surface area (Å²) in [5.74, 6) is -0.452. The molecule has 0 radical (unpaired) electrons. The van der Waals surface area contributed by atoms with E-state index in [2.05, 4.69) is 20.7 Å². The highest BCUT2D eigenvalue weighted by Crippen LogP contribution is 2.37. The summed E-state index contributed by atoms with van der Waals surface area (Å²) in [7, 11) is 0. The highest BCUT2D eigenvalue weighted by molar-refractivity contribution is 9.08. The smallest absolute Gasteiger partial charge is 0.403 e. The summed E-state index contributed by atoms with van der Waals surface area (Å²) in [6.45, 7) is 0. The summed E-state index contributed by atoms with van der Waals surface area (Å²) in [6.07, 6.45) is -4.78. The van der Waals surface area contributed by atoms with Crippen molar-refractivity contribution in [2.75, 3.05) is 5.73 Å². The van der Waals surface area contributed by atoms with Crippen LogP contribution in [-0.4, -0.2) is 6.36 Å². The monoisotopic (exact) mass is 303 g/mol. The number of rotatable bonds is 2. The van der Waals surface area contributed by atoms with Crippen molar-refractivity contribution < 1.29 is 17.9 Å². The standard InChI is InChI=1S/C8H6BrClF3NO/c9-3-4-1-2-5(10)6(14)7(4)15-8(11,12)13/h1-2H,3,14H2. The Morgan fingerprint density at radius 2 is 2.00 bits per heavy atom. The molecule has 15 heavy (non-hydrogen) atoms. The minimum atomic E-state index is -4.78. The van der Waals surface area contributed by atoms with Crippen molar-refractivity contribution in [1.82, 2.24) is 0 Å². The summed E-state index contributed by atoms with van der Waals surface area (Å²) in [5, 5.41) is 0.221. The van der Waals surface area contributed by atoms with Gasteiger partial charge in [0.05, 0.1) is 10.7 Å². The summed E-state index contributed by atoms with van der Waals surface area (Å²) in [4.78, 5) is 0. The third kappa shape index (κ3) is 3.17. The first kappa shape index (κ1) is 12.4. The molecule has 0 heterocycles. The average molecular weight is 304 g/mol. The van der Waals surface area contributed by atoms with Crippen molar-refractivity contribution in [3.05, 3.63) is 22.7 Å². The molecule has 0 fully saturated rings. The van der Waals surface area contributed by atoms with E-state index >= 15 is 0 Å². The van der Waals surface area contributed by atoms with Crippen LogP contribution < -0.4 is 10.5 Å². The highest BCUT2D eigenvalue weighted by atomic mass is 79.9. The highest BCUT2D eigenvalue weighted by Gasteiger charge is 2.33. The van der Waals surface area contributed by atoms with E-state index in [-0.39, 0.29) is 21.6 Å². The maximum Gasteiger partial charge on any atom is 0.573 e. The van der Waals surface area contributed by atoms with Crippen LogP contribution in [-0.2, 0) is 5.33 Å². The van der Waals surface area contributed by atoms with Gasteiger partial charge in [-0.15, -0.1) is 13.2 Å². The Morgan fingerprint density at radius 3 is 2.47 bits per heavy atom. The molecule has 0 aliphatic carbocycles. The van der Waals surface area contributed by atoms with Crippen LogP contribution in [0.3, 0.4) is 0 Å².